The Kier molecular flexibility index (Phi) is 7.69. The fourth-order valence-electron chi connectivity index (χ4n) is 2.28. The van der Waals surface area contributed by atoms with Crippen molar-refractivity contribution in [3.05, 3.63) is 65.7 Å². The zero-order chi connectivity index (χ0) is 18.1. The molecule has 0 saturated heterocycles. The highest BCUT2D eigenvalue weighted by Gasteiger charge is 2.17. The summed E-state index contributed by atoms with van der Waals surface area (Å²) in [5.74, 6) is 0.620. The SMILES string of the molecule is O=C(CSCCO)N[C@@H](c1ccccc1)c1ccc(OC(F)F)cc1. The highest BCUT2D eigenvalue weighted by molar-refractivity contribution is 7.99. The first-order chi connectivity index (χ1) is 12.1. The van der Waals surface area contributed by atoms with Gasteiger partial charge in [-0.2, -0.15) is 8.78 Å². The maximum absolute atomic E-state index is 12.3. The van der Waals surface area contributed by atoms with Crippen molar-refractivity contribution in [3.8, 4) is 5.75 Å². The predicted molar refractivity (Wildman–Crippen MR) is 93.9 cm³/mol. The van der Waals surface area contributed by atoms with E-state index in [2.05, 4.69) is 10.1 Å². The van der Waals surface area contributed by atoms with E-state index in [1.165, 1.54) is 23.9 Å². The highest BCUT2D eigenvalue weighted by atomic mass is 32.2. The summed E-state index contributed by atoms with van der Waals surface area (Å²) in [4.78, 5) is 12.1. The minimum Gasteiger partial charge on any atom is -0.435 e. The highest BCUT2D eigenvalue weighted by Crippen LogP contribution is 2.25. The molecule has 0 aliphatic rings. The zero-order valence-electron chi connectivity index (χ0n) is 13.4. The lowest BCUT2D eigenvalue weighted by Crippen LogP contribution is -2.30. The van der Waals surface area contributed by atoms with Gasteiger partial charge in [-0.3, -0.25) is 4.79 Å². The van der Waals surface area contributed by atoms with E-state index in [-0.39, 0.29) is 24.0 Å². The van der Waals surface area contributed by atoms with Crippen LogP contribution < -0.4 is 10.1 Å². The van der Waals surface area contributed by atoms with Crippen molar-refractivity contribution in [1.82, 2.24) is 5.32 Å². The molecule has 0 radical (unpaired) electrons. The van der Waals surface area contributed by atoms with Gasteiger partial charge in [0.1, 0.15) is 5.75 Å². The molecule has 0 aliphatic heterocycles. The van der Waals surface area contributed by atoms with E-state index in [0.717, 1.165) is 11.1 Å². The van der Waals surface area contributed by atoms with Gasteiger partial charge >= 0.3 is 6.61 Å². The molecule has 7 heteroatoms. The summed E-state index contributed by atoms with van der Waals surface area (Å²) >= 11 is 1.34. The number of rotatable bonds is 9. The van der Waals surface area contributed by atoms with Crippen LogP contribution in [0.5, 0.6) is 5.75 Å². The van der Waals surface area contributed by atoms with Crippen molar-refractivity contribution in [2.45, 2.75) is 12.7 Å². The number of carbonyl (C=O) groups excluding carboxylic acids is 1. The van der Waals surface area contributed by atoms with E-state index < -0.39 is 12.7 Å². The molecule has 2 rings (SSSR count). The summed E-state index contributed by atoms with van der Waals surface area (Å²) < 4.78 is 28.9. The van der Waals surface area contributed by atoms with Crippen LogP contribution in [0.4, 0.5) is 8.78 Å². The lowest BCUT2D eigenvalue weighted by Gasteiger charge is -2.20. The molecule has 134 valence electrons. The third-order valence-electron chi connectivity index (χ3n) is 3.35. The molecule has 1 amide bonds. The van der Waals surface area contributed by atoms with Gasteiger partial charge in [-0.15, -0.1) is 11.8 Å². The number of thioether (sulfide) groups is 1. The van der Waals surface area contributed by atoms with Crippen LogP contribution in [-0.2, 0) is 4.79 Å². The number of hydrogen-bond donors (Lipinski definition) is 2. The number of aliphatic hydroxyl groups is 1. The normalized spacial score (nSPS) is 12.0. The van der Waals surface area contributed by atoms with Gasteiger partial charge in [-0.05, 0) is 23.3 Å². The van der Waals surface area contributed by atoms with Crippen molar-refractivity contribution in [1.29, 1.82) is 0 Å². The summed E-state index contributed by atoms with van der Waals surface area (Å²) in [5.41, 5.74) is 1.64. The topological polar surface area (TPSA) is 58.6 Å². The second-order valence-electron chi connectivity index (χ2n) is 5.13. The Labute approximate surface area is 149 Å². The fourth-order valence-corrected chi connectivity index (χ4v) is 2.82. The number of halogens is 2. The molecule has 1 atom stereocenters. The maximum atomic E-state index is 12.3. The second-order valence-corrected chi connectivity index (χ2v) is 6.24. The van der Waals surface area contributed by atoms with E-state index in [1.807, 2.05) is 30.3 Å². The first kappa shape index (κ1) is 19.2. The molecule has 0 aromatic heterocycles. The lowest BCUT2D eigenvalue weighted by atomic mass is 9.98. The number of carbonyl (C=O) groups is 1. The Morgan fingerprint density at radius 1 is 1.08 bits per heavy atom. The molecule has 2 N–H and O–H groups in total. The van der Waals surface area contributed by atoms with Gasteiger partial charge < -0.3 is 15.2 Å². The van der Waals surface area contributed by atoms with E-state index in [9.17, 15) is 13.6 Å². The molecule has 0 spiro atoms. The molecule has 0 unspecified atom stereocenters. The predicted octanol–water partition coefficient (Wildman–Crippen LogP) is 3.22. The number of ether oxygens (including phenoxy) is 1. The minimum absolute atomic E-state index is 0.0195. The standard InChI is InChI=1S/C18H19F2NO3S/c19-18(20)24-15-8-6-14(7-9-15)17(13-4-2-1-3-5-13)21-16(23)12-25-11-10-22/h1-9,17-18,22H,10-12H2,(H,21,23)/t17-/m0/s1. The van der Waals surface area contributed by atoms with Crippen LogP contribution in [0.25, 0.3) is 0 Å². The Morgan fingerprint density at radius 3 is 2.32 bits per heavy atom. The largest absolute Gasteiger partial charge is 0.435 e. The Balaban J connectivity index is 2.15. The van der Waals surface area contributed by atoms with E-state index >= 15 is 0 Å². The molecule has 4 nitrogen and oxygen atoms in total. The smallest absolute Gasteiger partial charge is 0.387 e. The molecule has 25 heavy (non-hydrogen) atoms. The van der Waals surface area contributed by atoms with Crippen molar-refractivity contribution in [2.24, 2.45) is 0 Å². The van der Waals surface area contributed by atoms with Crippen LogP contribution in [-0.4, -0.2) is 35.7 Å². The van der Waals surface area contributed by atoms with Crippen molar-refractivity contribution in [3.63, 3.8) is 0 Å². The average molecular weight is 367 g/mol. The molecule has 0 saturated carbocycles. The summed E-state index contributed by atoms with van der Waals surface area (Å²) in [6.07, 6.45) is 0. The third kappa shape index (κ3) is 6.36. The van der Waals surface area contributed by atoms with Crippen LogP contribution >= 0.6 is 11.8 Å². The molecule has 0 heterocycles. The number of benzene rings is 2. The second kappa shape index (κ2) is 10.0. The summed E-state index contributed by atoms with van der Waals surface area (Å²) in [7, 11) is 0. The molecular formula is C18H19F2NO3S. The van der Waals surface area contributed by atoms with E-state index in [1.54, 1.807) is 12.1 Å². The number of amides is 1. The Morgan fingerprint density at radius 2 is 1.72 bits per heavy atom. The average Bonchev–Trinajstić information content (AvgIpc) is 2.61. The van der Waals surface area contributed by atoms with Gasteiger partial charge in [0, 0.05) is 5.75 Å². The minimum atomic E-state index is -2.88. The molecule has 0 fully saturated rings. The van der Waals surface area contributed by atoms with Crippen molar-refractivity contribution in [2.75, 3.05) is 18.1 Å². The number of aliphatic hydroxyl groups excluding tert-OH is 1. The van der Waals surface area contributed by atoms with Crippen LogP contribution in [0.1, 0.15) is 17.2 Å². The quantitative estimate of drug-likeness (QED) is 0.668. The Bertz CT molecular complexity index is 653. The lowest BCUT2D eigenvalue weighted by molar-refractivity contribution is -0.119. The van der Waals surface area contributed by atoms with Crippen LogP contribution in [0.2, 0.25) is 0 Å². The number of nitrogens with one attached hydrogen (secondary N) is 1. The van der Waals surface area contributed by atoms with Crippen molar-refractivity contribution >= 4 is 17.7 Å². The number of hydrogen-bond acceptors (Lipinski definition) is 4. The molecular weight excluding hydrogens is 348 g/mol. The van der Waals surface area contributed by atoms with Crippen molar-refractivity contribution < 1.29 is 23.4 Å². The Hall–Kier alpha value is -2.12. The monoisotopic (exact) mass is 367 g/mol. The summed E-state index contributed by atoms with van der Waals surface area (Å²) in [6, 6.07) is 15.2. The van der Waals surface area contributed by atoms with Gasteiger partial charge in [0.2, 0.25) is 5.91 Å². The van der Waals surface area contributed by atoms with Gasteiger partial charge in [0.05, 0.1) is 18.4 Å². The first-order valence-corrected chi connectivity index (χ1v) is 8.83. The molecule has 2 aromatic carbocycles. The maximum Gasteiger partial charge on any atom is 0.387 e. The van der Waals surface area contributed by atoms with Crippen LogP contribution in [0.3, 0.4) is 0 Å². The molecule has 0 bridgehead atoms. The van der Waals surface area contributed by atoms with Crippen LogP contribution in [0.15, 0.2) is 54.6 Å². The fraction of sp³-hybridized carbons (Fsp3) is 0.278. The molecule has 0 aliphatic carbocycles. The first-order valence-electron chi connectivity index (χ1n) is 7.68. The van der Waals surface area contributed by atoms with E-state index in [0.29, 0.717) is 5.75 Å². The van der Waals surface area contributed by atoms with Gasteiger partial charge in [-0.25, -0.2) is 0 Å². The third-order valence-corrected chi connectivity index (χ3v) is 4.28. The van der Waals surface area contributed by atoms with E-state index in [4.69, 9.17) is 5.11 Å². The van der Waals surface area contributed by atoms with Gasteiger partial charge in [0.25, 0.3) is 0 Å². The molecule has 2 aromatic rings. The van der Waals surface area contributed by atoms with Gasteiger partial charge in [-0.1, -0.05) is 42.5 Å². The number of alkyl halides is 2. The van der Waals surface area contributed by atoms with Crippen LogP contribution in [0, 0.1) is 0 Å². The summed E-state index contributed by atoms with van der Waals surface area (Å²) in [6.45, 7) is -2.86. The zero-order valence-corrected chi connectivity index (χ0v) is 14.2. The summed E-state index contributed by atoms with van der Waals surface area (Å²) in [5, 5.41) is 11.7. The van der Waals surface area contributed by atoms with Gasteiger partial charge in [0.15, 0.2) is 0 Å².